The van der Waals surface area contributed by atoms with E-state index in [1.807, 2.05) is 19.1 Å². The Hall–Kier alpha value is -1.71. The van der Waals surface area contributed by atoms with Crippen molar-refractivity contribution >= 4 is 5.97 Å². The molecule has 18 heavy (non-hydrogen) atoms. The number of aryl methyl sites for hydroxylation is 1. The molecule has 0 heterocycles. The van der Waals surface area contributed by atoms with Crippen LogP contribution in [0.15, 0.2) is 12.1 Å². The third-order valence-electron chi connectivity index (χ3n) is 3.03. The average molecular weight is 252 g/mol. The van der Waals surface area contributed by atoms with E-state index in [0.29, 0.717) is 17.9 Å². The van der Waals surface area contributed by atoms with Crippen molar-refractivity contribution < 1.29 is 19.4 Å². The van der Waals surface area contributed by atoms with Crippen LogP contribution in [0.3, 0.4) is 0 Å². The van der Waals surface area contributed by atoms with Crippen molar-refractivity contribution in [1.29, 1.82) is 0 Å². The molecule has 1 rings (SSSR count). The van der Waals surface area contributed by atoms with Crippen LogP contribution >= 0.6 is 0 Å². The van der Waals surface area contributed by atoms with Crippen molar-refractivity contribution in [3.63, 3.8) is 0 Å². The lowest BCUT2D eigenvalue weighted by Gasteiger charge is -2.15. The minimum atomic E-state index is -0.785. The summed E-state index contributed by atoms with van der Waals surface area (Å²) >= 11 is 0. The molecule has 0 aliphatic carbocycles. The van der Waals surface area contributed by atoms with E-state index >= 15 is 0 Å². The number of hydrogen-bond acceptors (Lipinski definition) is 3. The first-order valence-corrected chi connectivity index (χ1v) is 6.00. The summed E-state index contributed by atoms with van der Waals surface area (Å²) in [5, 5.41) is 8.98. The zero-order valence-corrected chi connectivity index (χ0v) is 11.3. The van der Waals surface area contributed by atoms with Crippen molar-refractivity contribution in [3.8, 4) is 11.5 Å². The lowest BCUT2D eigenvalue weighted by molar-refractivity contribution is -0.141. The molecule has 100 valence electrons. The zero-order valence-electron chi connectivity index (χ0n) is 11.3. The Morgan fingerprint density at radius 1 is 1.22 bits per heavy atom. The Bertz CT molecular complexity index is 426. The maximum absolute atomic E-state index is 10.9. The Balaban J connectivity index is 3.13. The van der Waals surface area contributed by atoms with Gasteiger partial charge in [-0.1, -0.05) is 13.8 Å². The second-order valence-electron chi connectivity index (χ2n) is 4.27. The Morgan fingerprint density at radius 3 is 2.11 bits per heavy atom. The number of ether oxygens (including phenoxy) is 2. The van der Waals surface area contributed by atoms with E-state index in [9.17, 15) is 4.79 Å². The van der Waals surface area contributed by atoms with Crippen LogP contribution in [0.1, 0.15) is 25.0 Å². The average Bonchev–Trinajstić information content (AvgIpc) is 2.37. The number of methoxy groups -OCH3 is 2. The van der Waals surface area contributed by atoms with Gasteiger partial charge in [0, 0.05) is 0 Å². The van der Waals surface area contributed by atoms with Crippen LogP contribution in [0.4, 0.5) is 0 Å². The third kappa shape index (κ3) is 3.15. The summed E-state index contributed by atoms with van der Waals surface area (Å²) < 4.78 is 10.5. The van der Waals surface area contributed by atoms with E-state index in [-0.39, 0.29) is 0 Å². The molecule has 1 N–H and O–H groups in total. The van der Waals surface area contributed by atoms with Gasteiger partial charge in [0.05, 0.1) is 20.1 Å². The first-order valence-electron chi connectivity index (χ1n) is 6.00. The van der Waals surface area contributed by atoms with Gasteiger partial charge in [0.1, 0.15) is 0 Å². The normalized spacial score (nSPS) is 12.0. The lowest BCUT2D eigenvalue weighted by atomic mass is 9.95. The monoisotopic (exact) mass is 252 g/mol. The molecule has 1 aromatic rings. The summed E-state index contributed by atoms with van der Waals surface area (Å²) in [6.45, 7) is 3.74. The number of carboxylic acids is 1. The molecule has 0 amide bonds. The van der Waals surface area contributed by atoms with Crippen molar-refractivity contribution in [2.75, 3.05) is 14.2 Å². The van der Waals surface area contributed by atoms with Crippen LogP contribution in [0.2, 0.25) is 0 Å². The van der Waals surface area contributed by atoms with Gasteiger partial charge >= 0.3 is 5.97 Å². The minimum absolute atomic E-state index is 0.409. The van der Waals surface area contributed by atoms with Gasteiger partial charge in [-0.15, -0.1) is 0 Å². The molecule has 4 nitrogen and oxygen atoms in total. The summed E-state index contributed by atoms with van der Waals surface area (Å²) in [6, 6.07) is 3.79. The highest BCUT2D eigenvalue weighted by Gasteiger charge is 2.16. The molecule has 0 aliphatic rings. The Kier molecular flexibility index (Phi) is 5.01. The molecule has 0 radical (unpaired) electrons. The second kappa shape index (κ2) is 6.28. The summed E-state index contributed by atoms with van der Waals surface area (Å²) in [5.41, 5.74) is 2.10. The fraction of sp³-hybridized carbons (Fsp3) is 0.500. The van der Waals surface area contributed by atoms with Gasteiger partial charge in [-0.3, -0.25) is 4.79 Å². The van der Waals surface area contributed by atoms with Crippen LogP contribution in [-0.2, 0) is 17.6 Å². The molecular weight excluding hydrogens is 232 g/mol. The van der Waals surface area contributed by atoms with Crippen LogP contribution < -0.4 is 9.47 Å². The molecule has 1 atom stereocenters. The third-order valence-corrected chi connectivity index (χ3v) is 3.03. The summed E-state index contributed by atoms with van der Waals surface area (Å²) in [5.74, 6) is 0.128. The lowest BCUT2D eigenvalue weighted by Crippen LogP contribution is -2.13. The van der Waals surface area contributed by atoms with E-state index in [0.717, 1.165) is 17.5 Å². The van der Waals surface area contributed by atoms with Crippen molar-refractivity contribution in [2.45, 2.75) is 26.7 Å². The second-order valence-corrected chi connectivity index (χ2v) is 4.27. The first-order chi connectivity index (χ1) is 8.53. The van der Waals surface area contributed by atoms with Crippen LogP contribution in [0, 0.1) is 5.92 Å². The predicted molar refractivity (Wildman–Crippen MR) is 69.4 cm³/mol. The van der Waals surface area contributed by atoms with Gasteiger partial charge in [-0.2, -0.15) is 0 Å². The largest absolute Gasteiger partial charge is 0.493 e. The van der Waals surface area contributed by atoms with E-state index in [2.05, 4.69) is 0 Å². The van der Waals surface area contributed by atoms with E-state index in [1.54, 1.807) is 21.1 Å². The Morgan fingerprint density at radius 2 is 1.72 bits per heavy atom. The van der Waals surface area contributed by atoms with E-state index in [4.69, 9.17) is 14.6 Å². The fourth-order valence-electron chi connectivity index (χ4n) is 1.90. The van der Waals surface area contributed by atoms with E-state index < -0.39 is 11.9 Å². The highest BCUT2D eigenvalue weighted by Crippen LogP contribution is 2.31. The van der Waals surface area contributed by atoms with Crippen LogP contribution in [-0.4, -0.2) is 25.3 Å². The van der Waals surface area contributed by atoms with Gasteiger partial charge < -0.3 is 14.6 Å². The minimum Gasteiger partial charge on any atom is -0.493 e. The topological polar surface area (TPSA) is 55.8 Å². The molecule has 0 spiro atoms. The highest BCUT2D eigenvalue weighted by molar-refractivity contribution is 5.70. The van der Waals surface area contributed by atoms with Crippen LogP contribution in [0.25, 0.3) is 0 Å². The molecule has 1 aromatic carbocycles. The number of rotatable bonds is 6. The number of carbonyl (C=O) groups is 1. The molecule has 0 saturated heterocycles. The molecule has 0 aliphatic heterocycles. The first kappa shape index (κ1) is 14.4. The van der Waals surface area contributed by atoms with Crippen molar-refractivity contribution in [3.05, 3.63) is 23.3 Å². The van der Waals surface area contributed by atoms with Gasteiger partial charge in [0.2, 0.25) is 0 Å². The molecule has 0 fully saturated rings. The molecule has 0 aromatic heterocycles. The summed E-state index contributed by atoms with van der Waals surface area (Å²) in [7, 11) is 3.17. The number of benzene rings is 1. The molecule has 0 bridgehead atoms. The maximum Gasteiger partial charge on any atom is 0.306 e. The zero-order chi connectivity index (χ0) is 13.7. The Labute approximate surface area is 108 Å². The van der Waals surface area contributed by atoms with Gasteiger partial charge in [0.15, 0.2) is 11.5 Å². The van der Waals surface area contributed by atoms with Crippen LogP contribution in [0.5, 0.6) is 11.5 Å². The summed E-state index contributed by atoms with van der Waals surface area (Å²) in [6.07, 6.45) is 1.33. The molecule has 4 heteroatoms. The molecular formula is C14H20O4. The number of carboxylic acid groups (broad SMARTS) is 1. The van der Waals surface area contributed by atoms with Gasteiger partial charge in [-0.05, 0) is 36.1 Å². The van der Waals surface area contributed by atoms with Gasteiger partial charge in [-0.25, -0.2) is 0 Å². The molecule has 1 unspecified atom stereocenters. The highest BCUT2D eigenvalue weighted by atomic mass is 16.5. The number of aliphatic carboxylic acids is 1. The fourth-order valence-corrected chi connectivity index (χ4v) is 1.90. The quantitative estimate of drug-likeness (QED) is 0.845. The van der Waals surface area contributed by atoms with Crippen molar-refractivity contribution in [1.82, 2.24) is 0 Å². The van der Waals surface area contributed by atoms with Gasteiger partial charge in [0.25, 0.3) is 0 Å². The SMILES string of the molecule is CCc1cc(OC)c(OC)cc1CC(C)C(=O)O. The smallest absolute Gasteiger partial charge is 0.306 e. The molecule has 0 saturated carbocycles. The number of hydrogen-bond donors (Lipinski definition) is 1. The van der Waals surface area contributed by atoms with E-state index in [1.165, 1.54) is 0 Å². The van der Waals surface area contributed by atoms with Crippen molar-refractivity contribution in [2.24, 2.45) is 5.92 Å². The maximum atomic E-state index is 10.9. The predicted octanol–water partition coefficient (Wildman–Crippen LogP) is 2.53. The standard InChI is InChI=1S/C14H20O4/c1-5-10-7-12(17-3)13(18-4)8-11(10)6-9(2)14(15)16/h7-9H,5-6H2,1-4H3,(H,15,16). The summed E-state index contributed by atoms with van der Waals surface area (Å²) in [4.78, 5) is 10.9.